The number of nitrogens with one attached hydrogen (secondary N) is 1. The third-order valence-electron chi connectivity index (χ3n) is 2.48. The molecule has 0 aliphatic heterocycles. The summed E-state index contributed by atoms with van der Waals surface area (Å²) < 4.78 is 0.819. The Bertz CT molecular complexity index is 394. The third-order valence-corrected chi connectivity index (χ3v) is 3.69. The first-order valence-electron chi connectivity index (χ1n) is 5.55. The molecule has 0 radical (unpaired) electrons. The molecule has 0 unspecified atom stereocenters. The number of carbonyl (C=O) groups excluding carboxylic acids is 1. The molecular formula is C12H16BrClN2O. The number of amides is 1. The van der Waals surface area contributed by atoms with E-state index in [0.717, 1.165) is 23.2 Å². The zero-order chi connectivity index (χ0) is 12.8. The fourth-order valence-electron chi connectivity index (χ4n) is 1.47. The van der Waals surface area contributed by atoms with E-state index >= 15 is 0 Å². The van der Waals surface area contributed by atoms with Crippen molar-refractivity contribution in [3.8, 4) is 0 Å². The van der Waals surface area contributed by atoms with E-state index in [2.05, 4.69) is 21.2 Å². The SMILES string of the molecule is CCN(CC)C(=O)CNc1ccc(Cl)c(Br)c1. The molecule has 0 heterocycles. The van der Waals surface area contributed by atoms with Gasteiger partial charge in [-0.05, 0) is 48.0 Å². The van der Waals surface area contributed by atoms with Crippen molar-refractivity contribution in [2.45, 2.75) is 13.8 Å². The van der Waals surface area contributed by atoms with Gasteiger partial charge in [-0.15, -0.1) is 0 Å². The van der Waals surface area contributed by atoms with Gasteiger partial charge in [-0.3, -0.25) is 4.79 Å². The molecule has 0 spiro atoms. The lowest BCUT2D eigenvalue weighted by Gasteiger charge is -2.19. The summed E-state index contributed by atoms with van der Waals surface area (Å²) in [7, 11) is 0. The van der Waals surface area contributed by atoms with Crippen molar-refractivity contribution >= 4 is 39.1 Å². The second-order valence-electron chi connectivity index (χ2n) is 3.55. The summed E-state index contributed by atoms with van der Waals surface area (Å²) in [6.07, 6.45) is 0. The van der Waals surface area contributed by atoms with Crippen molar-refractivity contribution in [1.82, 2.24) is 4.90 Å². The molecule has 0 aromatic heterocycles. The molecule has 1 amide bonds. The summed E-state index contributed by atoms with van der Waals surface area (Å²) in [5.41, 5.74) is 0.877. The Morgan fingerprint density at radius 1 is 1.41 bits per heavy atom. The number of carbonyl (C=O) groups is 1. The lowest BCUT2D eigenvalue weighted by atomic mass is 10.3. The van der Waals surface area contributed by atoms with Crippen LogP contribution in [0, 0.1) is 0 Å². The second-order valence-corrected chi connectivity index (χ2v) is 4.81. The van der Waals surface area contributed by atoms with Crippen LogP contribution in [0.25, 0.3) is 0 Å². The predicted octanol–water partition coefficient (Wildman–Crippen LogP) is 3.38. The first-order chi connectivity index (χ1) is 8.08. The average molecular weight is 320 g/mol. The van der Waals surface area contributed by atoms with Gasteiger partial charge in [-0.1, -0.05) is 11.6 Å². The molecule has 94 valence electrons. The Balaban J connectivity index is 2.55. The van der Waals surface area contributed by atoms with Gasteiger partial charge in [0, 0.05) is 23.2 Å². The number of benzene rings is 1. The second kappa shape index (κ2) is 6.87. The lowest BCUT2D eigenvalue weighted by molar-refractivity contribution is -0.128. The fraction of sp³-hybridized carbons (Fsp3) is 0.417. The van der Waals surface area contributed by atoms with Gasteiger partial charge in [0.2, 0.25) is 5.91 Å². The largest absolute Gasteiger partial charge is 0.376 e. The molecule has 0 fully saturated rings. The molecule has 17 heavy (non-hydrogen) atoms. The number of hydrogen-bond acceptors (Lipinski definition) is 2. The van der Waals surface area contributed by atoms with Crippen LogP contribution in [0.2, 0.25) is 5.02 Å². The molecular weight excluding hydrogens is 304 g/mol. The molecule has 1 N–H and O–H groups in total. The average Bonchev–Trinajstić information content (AvgIpc) is 2.32. The standard InChI is InChI=1S/C12H16BrClN2O/c1-3-16(4-2)12(17)8-15-9-5-6-11(14)10(13)7-9/h5-7,15H,3-4,8H2,1-2H3. The van der Waals surface area contributed by atoms with E-state index in [-0.39, 0.29) is 5.91 Å². The minimum atomic E-state index is 0.0982. The highest BCUT2D eigenvalue weighted by Gasteiger charge is 2.08. The van der Waals surface area contributed by atoms with E-state index in [1.54, 1.807) is 11.0 Å². The highest BCUT2D eigenvalue weighted by atomic mass is 79.9. The van der Waals surface area contributed by atoms with E-state index in [0.29, 0.717) is 11.6 Å². The number of rotatable bonds is 5. The van der Waals surface area contributed by atoms with Crippen molar-refractivity contribution in [1.29, 1.82) is 0 Å². The van der Waals surface area contributed by atoms with E-state index in [1.807, 2.05) is 26.0 Å². The lowest BCUT2D eigenvalue weighted by Crippen LogP contribution is -2.35. The quantitative estimate of drug-likeness (QED) is 0.902. The molecule has 0 saturated carbocycles. The van der Waals surface area contributed by atoms with Gasteiger partial charge in [0.25, 0.3) is 0 Å². The van der Waals surface area contributed by atoms with Crippen LogP contribution in [0.1, 0.15) is 13.8 Å². The van der Waals surface area contributed by atoms with E-state index in [9.17, 15) is 4.79 Å². The number of nitrogens with zero attached hydrogens (tertiary/aromatic N) is 1. The van der Waals surface area contributed by atoms with Crippen molar-refractivity contribution in [2.24, 2.45) is 0 Å². The molecule has 0 atom stereocenters. The topological polar surface area (TPSA) is 32.3 Å². The highest BCUT2D eigenvalue weighted by Crippen LogP contribution is 2.25. The number of anilines is 1. The number of halogens is 2. The molecule has 3 nitrogen and oxygen atoms in total. The van der Waals surface area contributed by atoms with Crippen molar-refractivity contribution in [3.05, 3.63) is 27.7 Å². The normalized spacial score (nSPS) is 10.1. The first kappa shape index (κ1) is 14.3. The van der Waals surface area contributed by atoms with Gasteiger partial charge in [0.15, 0.2) is 0 Å². The van der Waals surface area contributed by atoms with Crippen molar-refractivity contribution < 1.29 is 4.79 Å². The third kappa shape index (κ3) is 4.21. The summed E-state index contributed by atoms with van der Waals surface area (Å²) in [5, 5.41) is 3.74. The molecule has 0 aliphatic rings. The van der Waals surface area contributed by atoms with Gasteiger partial charge in [0.1, 0.15) is 0 Å². The van der Waals surface area contributed by atoms with Crippen LogP contribution in [0.3, 0.4) is 0 Å². The van der Waals surface area contributed by atoms with Crippen molar-refractivity contribution in [2.75, 3.05) is 25.0 Å². The van der Waals surface area contributed by atoms with Crippen LogP contribution in [0.4, 0.5) is 5.69 Å². The first-order valence-corrected chi connectivity index (χ1v) is 6.72. The molecule has 1 aromatic carbocycles. The van der Waals surface area contributed by atoms with Crippen LogP contribution < -0.4 is 5.32 Å². The summed E-state index contributed by atoms with van der Waals surface area (Å²) >= 11 is 9.23. The smallest absolute Gasteiger partial charge is 0.241 e. The van der Waals surface area contributed by atoms with Crippen LogP contribution >= 0.6 is 27.5 Å². The summed E-state index contributed by atoms with van der Waals surface area (Å²) in [6.45, 7) is 5.72. The molecule has 0 aliphatic carbocycles. The Kier molecular flexibility index (Phi) is 5.78. The van der Waals surface area contributed by atoms with Crippen LogP contribution in [0.15, 0.2) is 22.7 Å². The predicted molar refractivity (Wildman–Crippen MR) is 75.6 cm³/mol. The van der Waals surface area contributed by atoms with Crippen LogP contribution in [-0.4, -0.2) is 30.4 Å². The maximum Gasteiger partial charge on any atom is 0.241 e. The van der Waals surface area contributed by atoms with Gasteiger partial charge in [0.05, 0.1) is 11.6 Å². The van der Waals surface area contributed by atoms with E-state index in [4.69, 9.17) is 11.6 Å². The van der Waals surface area contributed by atoms with Gasteiger partial charge < -0.3 is 10.2 Å². The monoisotopic (exact) mass is 318 g/mol. The highest BCUT2D eigenvalue weighted by molar-refractivity contribution is 9.10. The summed E-state index contributed by atoms with van der Waals surface area (Å²) in [6, 6.07) is 5.50. The molecule has 0 saturated heterocycles. The van der Waals surface area contributed by atoms with Gasteiger partial charge in [-0.2, -0.15) is 0 Å². The van der Waals surface area contributed by atoms with E-state index < -0.39 is 0 Å². The number of likely N-dealkylation sites (N-methyl/N-ethyl adjacent to an activating group) is 1. The Labute approximate surface area is 115 Å². The summed E-state index contributed by atoms with van der Waals surface area (Å²) in [5.74, 6) is 0.0982. The minimum absolute atomic E-state index is 0.0982. The molecule has 0 bridgehead atoms. The zero-order valence-corrected chi connectivity index (χ0v) is 12.3. The maximum absolute atomic E-state index is 11.8. The van der Waals surface area contributed by atoms with E-state index in [1.165, 1.54) is 0 Å². The molecule has 1 rings (SSSR count). The minimum Gasteiger partial charge on any atom is -0.376 e. The summed E-state index contributed by atoms with van der Waals surface area (Å²) in [4.78, 5) is 13.5. The fourth-order valence-corrected chi connectivity index (χ4v) is 1.97. The Morgan fingerprint density at radius 2 is 2.06 bits per heavy atom. The van der Waals surface area contributed by atoms with Crippen LogP contribution in [-0.2, 0) is 4.79 Å². The molecule has 5 heteroatoms. The van der Waals surface area contributed by atoms with Crippen LogP contribution in [0.5, 0.6) is 0 Å². The van der Waals surface area contributed by atoms with Crippen molar-refractivity contribution in [3.63, 3.8) is 0 Å². The Hall–Kier alpha value is -0.740. The molecule has 1 aromatic rings. The van der Waals surface area contributed by atoms with Gasteiger partial charge >= 0.3 is 0 Å². The number of hydrogen-bond donors (Lipinski definition) is 1. The van der Waals surface area contributed by atoms with Gasteiger partial charge in [-0.25, -0.2) is 0 Å². The maximum atomic E-state index is 11.8. The zero-order valence-electron chi connectivity index (χ0n) is 9.96. The Morgan fingerprint density at radius 3 is 2.59 bits per heavy atom.